The average Bonchev–Trinajstić information content (AvgIpc) is 2.80. The van der Waals surface area contributed by atoms with Crippen LogP contribution in [-0.2, 0) is 11.2 Å². The highest BCUT2D eigenvalue weighted by molar-refractivity contribution is 7.16. The second kappa shape index (κ2) is 6.36. The van der Waals surface area contributed by atoms with Crippen molar-refractivity contribution in [2.45, 2.75) is 20.3 Å². The van der Waals surface area contributed by atoms with Crippen LogP contribution < -0.4 is 15.8 Å². The molecule has 0 atom stereocenters. The molecule has 6 nitrogen and oxygen atoms in total. The Bertz CT molecular complexity index is 681. The molecule has 21 heavy (non-hydrogen) atoms. The number of aryl methyl sites for hydroxylation is 1. The summed E-state index contributed by atoms with van der Waals surface area (Å²) < 4.78 is 5.09. The standard InChI is InChI=1S/C14H16N4O2S/c1-3-11-12(17-14(21-11)18-13(15)16)9-5-4-6-10(7-9)20-8(2)19/h4-7H,3H2,1-2H3,(H4,15,16,17,18). The Balaban J connectivity index is 2.38. The number of nitrogens with zero attached hydrogens (tertiary/aromatic N) is 1. The summed E-state index contributed by atoms with van der Waals surface area (Å²) in [5, 5.41) is 10.5. The molecule has 1 aromatic carbocycles. The zero-order valence-electron chi connectivity index (χ0n) is 11.8. The number of thiazole rings is 1. The summed E-state index contributed by atoms with van der Waals surface area (Å²) in [7, 11) is 0. The van der Waals surface area contributed by atoms with Crippen molar-refractivity contribution in [1.82, 2.24) is 4.98 Å². The van der Waals surface area contributed by atoms with E-state index in [0.717, 1.165) is 22.6 Å². The zero-order chi connectivity index (χ0) is 15.4. The Labute approximate surface area is 126 Å². The molecule has 1 aromatic heterocycles. The van der Waals surface area contributed by atoms with E-state index in [1.807, 2.05) is 19.1 Å². The maximum Gasteiger partial charge on any atom is 0.308 e. The van der Waals surface area contributed by atoms with Crippen molar-refractivity contribution in [3.63, 3.8) is 0 Å². The number of hydrogen-bond donors (Lipinski definition) is 3. The van der Waals surface area contributed by atoms with E-state index >= 15 is 0 Å². The normalized spacial score (nSPS) is 10.2. The minimum Gasteiger partial charge on any atom is -0.427 e. The molecule has 0 saturated heterocycles. The third-order valence-corrected chi connectivity index (χ3v) is 3.74. The molecular formula is C14H16N4O2S. The summed E-state index contributed by atoms with van der Waals surface area (Å²) in [6, 6.07) is 7.20. The number of rotatable bonds is 4. The number of anilines is 1. The molecule has 0 saturated carbocycles. The fraction of sp³-hybridized carbons (Fsp3) is 0.214. The summed E-state index contributed by atoms with van der Waals surface area (Å²) in [5.74, 6) is -0.0252. The second-order valence-corrected chi connectivity index (χ2v) is 5.39. The van der Waals surface area contributed by atoms with Crippen molar-refractivity contribution < 1.29 is 9.53 Å². The lowest BCUT2D eigenvalue weighted by molar-refractivity contribution is -0.131. The predicted octanol–water partition coefficient (Wildman–Crippen LogP) is 2.60. The fourth-order valence-corrected chi connectivity index (χ4v) is 2.79. The van der Waals surface area contributed by atoms with Crippen LogP contribution in [0.3, 0.4) is 0 Å². The summed E-state index contributed by atoms with van der Waals surface area (Å²) in [6.45, 7) is 3.40. The lowest BCUT2D eigenvalue weighted by atomic mass is 10.1. The third kappa shape index (κ3) is 3.79. The Morgan fingerprint density at radius 2 is 2.29 bits per heavy atom. The number of hydrogen-bond acceptors (Lipinski definition) is 5. The molecule has 0 radical (unpaired) electrons. The Kier molecular flexibility index (Phi) is 4.54. The number of esters is 1. The number of aromatic nitrogens is 1. The van der Waals surface area contributed by atoms with Crippen LogP contribution in [0.15, 0.2) is 24.3 Å². The van der Waals surface area contributed by atoms with Gasteiger partial charge in [0, 0.05) is 17.4 Å². The van der Waals surface area contributed by atoms with Crippen LogP contribution in [0.1, 0.15) is 18.7 Å². The van der Waals surface area contributed by atoms with Crippen molar-refractivity contribution in [3.05, 3.63) is 29.1 Å². The largest absolute Gasteiger partial charge is 0.427 e. The van der Waals surface area contributed by atoms with Crippen LogP contribution in [0.25, 0.3) is 11.3 Å². The summed E-state index contributed by atoms with van der Waals surface area (Å²) in [4.78, 5) is 16.6. The molecule has 0 spiro atoms. The van der Waals surface area contributed by atoms with Crippen molar-refractivity contribution in [1.29, 1.82) is 5.41 Å². The van der Waals surface area contributed by atoms with Crippen LogP contribution in [-0.4, -0.2) is 16.9 Å². The molecule has 0 aliphatic carbocycles. The number of benzene rings is 1. The van der Waals surface area contributed by atoms with E-state index in [4.69, 9.17) is 15.9 Å². The number of guanidine groups is 1. The molecule has 0 bridgehead atoms. The van der Waals surface area contributed by atoms with Crippen LogP contribution in [0.2, 0.25) is 0 Å². The Hall–Kier alpha value is -2.41. The molecule has 0 aliphatic rings. The molecule has 7 heteroatoms. The fourth-order valence-electron chi connectivity index (χ4n) is 1.86. The molecule has 2 rings (SSSR count). The van der Waals surface area contributed by atoms with Gasteiger partial charge < -0.3 is 15.8 Å². The topological polar surface area (TPSA) is 101 Å². The van der Waals surface area contributed by atoms with E-state index in [1.54, 1.807) is 12.1 Å². The SMILES string of the molecule is CCc1sc(NC(=N)N)nc1-c1cccc(OC(C)=O)c1. The van der Waals surface area contributed by atoms with Crippen molar-refractivity contribution in [2.75, 3.05) is 5.32 Å². The lowest BCUT2D eigenvalue weighted by Crippen LogP contribution is -2.20. The first-order valence-corrected chi connectivity index (χ1v) is 7.21. The van der Waals surface area contributed by atoms with Gasteiger partial charge in [0.2, 0.25) is 0 Å². The summed E-state index contributed by atoms with van der Waals surface area (Å²) in [5.41, 5.74) is 6.99. The lowest BCUT2D eigenvalue weighted by Gasteiger charge is -2.04. The van der Waals surface area contributed by atoms with Gasteiger partial charge in [0.25, 0.3) is 0 Å². The quantitative estimate of drug-likeness (QED) is 0.349. The number of carbonyl (C=O) groups is 1. The average molecular weight is 304 g/mol. The van der Waals surface area contributed by atoms with E-state index in [2.05, 4.69) is 10.3 Å². The maximum absolute atomic E-state index is 11.0. The van der Waals surface area contributed by atoms with Gasteiger partial charge in [-0.2, -0.15) is 0 Å². The predicted molar refractivity (Wildman–Crippen MR) is 83.8 cm³/mol. The minimum absolute atomic E-state index is 0.147. The minimum atomic E-state index is -0.361. The molecule has 0 amide bonds. The van der Waals surface area contributed by atoms with E-state index in [9.17, 15) is 4.79 Å². The van der Waals surface area contributed by atoms with Gasteiger partial charge >= 0.3 is 5.97 Å². The van der Waals surface area contributed by atoms with Gasteiger partial charge in [-0.1, -0.05) is 19.1 Å². The highest BCUT2D eigenvalue weighted by Gasteiger charge is 2.13. The van der Waals surface area contributed by atoms with Gasteiger partial charge in [-0.25, -0.2) is 4.98 Å². The van der Waals surface area contributed by atoms with Gasteiger partial charge in [-0.3, -0.25) is 10.2 Å². The molecule has 2 aromatic rings. The molecule has 0 fully saturated rings. The Morgan fingerprint density at radius 1 is 1.52 bits per heavy atom. The van der Waals surface area contributed by atoms with Gasteiger partial charge in [-0.15, -0.1) is 11.3 Å². The van der Waals surface area contributed by atoms with Gasteiger partial charge in [0.05, 0.1) is 5.69 Å². The van der Waals surface area contributed by atoms with Crippen molar-refractivity contribution >= 4 is 28.4 Å². The summed E-state index contributed by atoms with van der Waals surface area (Å²) in [6.07, 6.45) is 0.810. The molecule has 110 valence electrons. The van der Waals surface area contributed by atoms with E-state index in [-0.39, 0.29) is 11.9 Å². The molecule has 4 N–H and O–H groups in total. The number of nitrogens with two attached hydrogens (primary N) is 1. The van der Waals surface area contributed by atoms with Gasteiger partial charge in [0.15, 0.2) is 11.1 Å². The van der Waals surface area contributed by atoms with Crippen molar-refractivity contribution in [3.8, 4) is 17.0 Å². The smallest absolute Gasteiger partial charge is 0.308 e. The molecule has 0 unspecified atom stereocenters. The Morgan fingerprint density at radius 3 is 2.90 bits per heavy atom. The summed E-state index contributed by atoms with van der Waals surface area (Å²) >= 11 is 1.45. The van der Waals surface area contributed by atoms with E-state index in [1.165, 1.54) is 18.3 Å². The molecule has 1 heterocycles. The van der Waals surface area contributed by atoms with Crippen LogP contribution in [0.5, 0.6) is 5.75 Å². The third-order valence-electron chi connectivity index (χ3n) is 2.63. The van der Waals surface area contributed by atoms with E-state index < -0.39 is 0 Å². The molecular weight excluding hydrogens is 288 g/mol. The van der Waals surface area contributed by atoms with Crippen LogP contribution in [0, 0.1) is 5.41 Å². The zero-order valence-corrected chi connectivity index (χ0v) is 12.6. The number of carbonyl (C=O) groups excluding carboxylic acids is 1. The maximum atomic E-state index is 11.0. The second-order valence-electron chi connectivity index (χ2n) is 4.30. The van der Waals surface area contributed by atoms with E-state index in [0.29, 0.717) is 10.9 Å². The van der Waals surface area contributed by atoms with Crippen LogP contribution in [0.4, 0.5) is 5.13 Å². The van der Waals surface area contributed by atoms with Gasteiger partial charge in [0.1, 0.15) is 5.75 Å². The highest BCUT2D eigenvalue weighted by Crippen LogP contribution is 2.33. The first-order chi connectivity index (χ1) is 9.99. The van der Waals surface area contributed by atoms with Crippen LogP contribution >= 0.6 is 11.3 Å². The number of nitrogens with one attached hydrogen (secondary N) is 2. The first-order valence-electron chi connectivity index (χ1n) is 6.39. The molecule has 0 aliphatic heterocycles. The number of ether oxygens (including phenoxy) is 1. The first kappa shape index (κ1) is 15.0. The highest BCUT2D eigenvalue weighted by atomic mass is 32.1. The monoisotopic (exact) mass is 304 g/mol. The van der Waals surface area contributed by atoms with Crippen molar-refractivity contribution in [2.24, 2.45) is 5.73 Å². The van der Waals surface area contributed by atoms with Gasteiger partial charge in [-0.05, 0) is 18.6 Å².